The van der Waals surface area contributed by atoms with Crippen LogP contribution < -0.4 is 10.1 Å². The monoisotopic (exact) mass is 265 g/mol. The van der Waals surface area contributed by atoms with E-state index in [0.29, 0.717) is 18.3 Å². The maximum Gasteiger partial charge on any atom is 0.120 e. The van der Waals surface area contributed by atoms with Crippen molar-refractivity contribution in [1.82, 2.24) is 5.32 Å². The average molecular weight is 265 g/mol. The molecule has 0 bridgehead atoms. The quantitative estimate of drug-likeness (QED) is 0.753. The Hall–Kier alpha value is -1.22. The third-order valence-corrected chi connectivity index (χ3v) is 3.35. The molecule has 0 aliphatic carbocycles. The third kappa shape index (κ3) is 5.97. The first-order chi connectivity index (χ1) is 9.02. The Balaban J connectivity index is 2.39. The molecule has 3 nitrogen and oxygen atoms in total. The Morgan fingerprint density at radius 2 is 1.95 bits per heavy atom. The molecule has 0 fully saturated rings. The van der Waals surface area contributed by atoms with Gasteiger partial charge in [-0.05, 0) is 37.5 Å². The van der Waals surface area contributed by atoms with Crippen molar-refractivity contribution in [3.8, 4) is 11.5 Å². The van der Waals surface area contributed by atoms with Crippen molar-refractivity contribution in [2.75, 3.05) is 7.11 Å². The molecule has 0 aromatic heterocycles. The summed E-state index contributed by atoms with van der Waals surface area (Å²) in [6.45, 7) is 7.38. The maximum absolute atomic E-state index is 9.80. The smallest absolute Gasteiger partial charge is 0.120 e. The van der Waals surface area contributed by atoms with Crippen LogP contribution in [0.2, 0.25) is 0 Å². The van der Waals surface area contributed by atoms with Gasteiger partial charge in [-0.2, -0.15) is 0 Å². The van der Waals surface area contributed by atoms with Gasteiger partial charge in [0.05, 0.1) is 7.11 Å². The van der Waals surface area contributed by atoms with E-state index in [9.17, 15) is 5.11 Å². The lowest BCUT2D eigenvalue weighted by molar-refractivity contribution is 0.408. The van der Waals surface area contributed by atoms with Gasteiger partial charge in [0, 0.05) is 18.2 Å². The molecule has 0 aliphatic rings. The Morgan fingerprint density at radius 3 is 2.58 bits per heavy atom. The van der Waals surface area contributed by atoms with Crippen LogP contribution in [0.1, 0.15) is 45.6 Å². The fourth-order valence-electron chi connectivity index (χ4n) is 2.05. The van der Waals surface area contributed by atoms with Crippen molar-refractivity contribution in [3.63, 3.8) is 0 Å². The molecular formula is C16H27NO2. The zero-order valence-corrected chi connectivity index (χ0v) is 12.6. The highest BCUT2D eigenvalue weighted by Gasteiger charge is 2.06. The van der Waals surface area contributed by atoms with Gasteiger partial charge in [0.2, 0.25) is 0 Å². The van der Waals surface area contributed by atoms with Gasteiger partial charge in [0.25, 0.3) is 0 Å². The predicted molar refractivity (Wildman–Crippen MR) is 79.6 cm³/mol. The van der Waals surface area contributed by atoms with Crippen LogP contribution in [-0.4, -0.2) is 18.3 Å². The first-order valence-corrected chi connectivity index (χ1v) is 7.12. The fourth-order valence-corrected chi connectivity index (χ4v) is 2.05. The lowest BCUT2D eigenvalue weighted by atomic mass is 10.0. The second-order valence-corrected chi connectivity index (χ2v) is 5.60. The molecule has 0 saturated carbocycles. The minimum atomic E-state index is 0.322. The van der Waals surface area contributed by atoms with Crippen LogP contribution in [-0.2, 0) is 6.54 Å². The number of ether oxygens (including phenoxy) is 1. The van der Waals surface area contributed by atoms with Crippen molar-refractivity contribution in [3.05, 3.63) is 23.8 Å². The molecule has 3 heteroatoms. The van der Waals surface area contributed by atoms with Crippen molar-refractivity contribution in [2.45, 2.75) is 52.6 Å². The molecule has 2 N–H and O–H groups in total. The molecule has 19 heavy (non-hydrogen) atoms. The van der Waals surface area contributed by atoms with Crippen LogP contribution in [0.5, 0.6) is 11.5 Å². The summed E-state index contributed by atoms with van der Waals surface area (Å²) in [7, 11) is 1.64. The van der Waals surface area contributed by atoms with E-state index in [4.69, 9.17) is 4.74 Å². The van der Waals surface area contributed by atoms with Crippen LogP contribution in [0.25, 0.3) is 0 Å². The molecule has 0 heterocycles. The normalized spacial score (nSPS) is 12.7. The summed E-state index contributed by atoms with van der Waals surface area (Å²) in [5.74, 6) is 1.87. The number of nitrogens with one attached hydrogen (secondary N) is 1. The molecule has 0 saturated heterocycles. The summed E-state index contributed by atoms with van der Waals surface area (Å²) in [6, 6.07) is 5.79. The highest BCUT2D eigenvalue weighted by molar-refractivity contribution is 5.39. The SMILES string of the molecule is COc1ccc(O)c(CNC(C)CCCC(C)C)c1. The number of aromatic hydroxyl groups is 1. The molecule has 1 unspecified atom stereocenters. The minimum Gasteiger partial charge on any atom is -0.508 e. The van der Waals surface area contributed by atoms with E-state index in [2.05, 4.69) is 26.1 Å². The first kappa shape index (κ1) is 15.8. The minimum absolute atomic E-state index is 0.322. The van der Waals surface area contributed by atoms with Crippen LogP contribution in [0, 0.1) is 5.92 Å². The molecule has 0 aliphatic heterocycles. The molecule has 1 aromatic carbocycles. The first-order valence-electron chi connectivity index (χ1n) is 7.12. The van der Waals surface area contributed by atoms with Gasteiger partial charge in [-0.15, -0.1) is 0 Å². The Bertz CT molecular complexity index is 377. The summed E-state index contributed by atoms with van der Waals surface area (Å²) in [5, 5.41) is 13.2. The second-order valence-electron chi connectivity index (χ2n) is 5.60. The highest BCUT2D eigenvalue weighted by atomic mass is 16.5. The standard InChI is InChI=1S/C16H27NO2/c1-12(2)6-5-7-13(3)17-11-14-10-15(19-4)8-9-16(14)18/h8-10,12-13,17-18H,5-7,11H2,1-4H3. The van der Waals surface area contributed by atoms with E-state index < -0.39 is 0 Å². The lowest BCUT2D eigenvalue weighted by Gasteiger charge is -2.15. The fraction of sp³-hybridized carbons (Fsp3) is 0.625. The summed E-state index contributed by atoms with van der Waals surface area (Å²) < 4.78 is 5.17. The molecular weight excluding hydrogens is 238 g/mol. The van der Waals surface area contributed by atoms with Gasteiger partial charge in [0.15, 0.2) is 0 Å². The predicted octanol–water partition coefficient (Wildman–Crippen LogP) is 3.71. The molecule has 0 amide bonds. The van der Waals surface area contributed by atoms with Gasteiger partial charge in [-0.3, -0.25) is 0 Å². The van der Waals surface area contributed by atoms with Crippen LogP contribution in [0.3, 0.4) is 0 Å². The van der Waals surface area contributed by atoms with Gasteiger partial charge in [-0.25, -0.2) is 0 Å². The molecule has 0 radical (unpaired) electrons. The summed E-state index contributed by atoms with van der Waals surface area (Å²) in [6.07, 6.45) is 3.69. The summed E-state index contributed by atoms with van der Waals surface area (Å²) in [5.41, 5.74) is 0.884. The number of benzene rings is 1. The summed E-state index contributed by atoms with van der Waals surface area (Å²) >= 11 is 0. The Kier molecular flexibility index (Phi) is 6.71. The number of phenolic OH excluding ortho intramolecular Hbond substituents is 1. The van der Waals surface area contributed by atoms with E-state index >= 15 is 0 Å². The third-order valence-electron chi connectivity index (χ3n) is 3.35. The zero-order valence-electron chi connectivity index (χ0n) is 12.6. The lowest BCUT2D eigenvalue weighted by Crippen LogP contribution is -2.25. The zero-order chi connectivity index (χ0) is 14.3. The number of methoxy groups -OCH3 is 1. The van der Waals surface area contributed by atoms with Crippen LogP contribution >= 0.6 is 0 Å². The number of rotatable bonds is 8. The molecule has 0 spiro atoms. The average Bonchev–Trinajstić information content (AvgIpc) is 2.37. The molecule has 108 valence electrons. The van der Waals surface area contributed by atoms with Crippen LogP contribution in [0.15, 0.2) is 18.2 Å². The van der Waals surface area contributed by atoms with Crippen LogP contribution in [0.4, 0.5) is 0 Å². The van der Waals surface area contributed by atoms with Crippen molar-refractivity contribution < 1.29 is 9.84 Å². The van der Waals surface area contributed by atoms with Crippen molar-refractivity contribution in [1.29, 1.82) is 0 Å². The van der Waals surface area contributed by atoms with Gasteiger partial charge < -0.3 is 15.2 Å². The van der Waals surface area contributed by atoms with Crippen molar-refractivity contribution in [2.24, 2.45) is 5.92 Å². The molecule has 1 atom stereocenters. The summed E-state index contributed by atoms with van der Waals surface area (Å²) in [4.78, 5) is 0. The van der Waals surface area contributed by atoms with E-state index in [0.717, 1.165) is 17.2 Å². The topological polar surface area (TPSA) is 41.5 Å². The molecule has 1 aromatic rings. The maximum atomic E-state index is 9.80. The van der Waals surface area contributed by atoms with Gasteiger partial charge in [-0.1, -0.05) is 26.7 Å². The number of phenols is 1. The molecule has 1 rings (SSSR count). The second kappa shape index (κ2) is 8.05. The highest BCUT2D eigenvalue weighted by Crippen LogP contribution is 2.22. The van der Waals surface area contributed by atoms with E-state index in [-0.39, 0.29) is 0 Å². The number of hydrogen-bond acceptors (Lipinski definition) is 3. The van der Waals surface area contributed by atoms with E-state index in [1.807, 2.05) is 6.07 Å². The van der Waals surface area contributed by atoms with E-state index in [1.165, 1.54) is 19.3 Å². The van der Waals surface area contributed by atoms with E-state index in [1.54, 1.807) is 19.2 Å². The largest absolute Gasteiger partial charge is 0.508 e. The van der Waals surface area contributed by atoms with Gasteiger partial charge >= 0.3 is 0 Å². The number of hydrogen-bond donors (Lipinski definition) is 2. The van der Waals surface area contributed by atoms with Gasteiger partial charge in [0.1, 0.15) is 11.5 Å². The Morgan fingerprint density at radius 1 is 1.21 bits per heavy atom. The van der Waals surface area contributed by atoms with Crippen molar-refractivity contribution >= 4 is 0 Å². The Labute approximate surface area is 117 Å².